The lowest BCUT2D eigenvalue weighted by atomic mass is 10.0. The SMILES string of the molecule is COc1cccc(F)c1C(O)Cc1ccncc1Cl. The molecule has 0 fully saturated rings. The van der Waals surface area contributed by atoms with Gasteiger partial charge in [0.15, 0.2) is 0 Å². The number of hydrogen-bond donors (Lipinski definition) is 1. The Bertz CT molecular complexity index is 577. The maximum atomic E-state index is 13.8. The summed E-state index contributed by atoms with van der Waals surface area (Å²) >= 11 is 5.97. The largest absolute Gasteiger partial charge is 0.496 e. The fourth-order valence-corrected chi connectivity index (χ4v) is 2.10. The van der Waals surface area contributed by atoms with Gasteiger partial charge in [0.25, 0.3) is 0 Å². The molecule has 19 heavy (non-hydrogen) atoms. The second kappa shape index (κ2) is 5.99. The highest BCUT2D eigenvalue weighted by Crippen LogP contribution is 2.31. The standard InChI is InChI=1S/C14H13ClFNO2/c1-19-13-4-2-3-11(16)14(13)12(18)7-9-5-6-17-8-10(9)15/h2-6,8,12,18H,7H2,1H3. The number of aliphatic hydroxyl groups excluding tert-OH is 1. The van der Waals surface area contributed by atoms with Crippen LogP contribution >= 0.6 is 11.6 Å². The van der Waals surface area contributed by atoms with Gasteiger partial charge in [-0.15, -0.1) is 0 Å². The Morgan fingerprint density at radius 3 is 2.89 bits per heavy atom. The van der Waals surface area contributed by atoms with E-state index >= 15 is 0 Å². The van der Waals surface area contributed by atoms with Crippen LogP contribution in [0.4, 0.5) is 4.39 Å². The summed E-state index contributed by atoms with van der Waals surface area (Å²) in [6.45, 7) is 0. The molecule has 0 saturated carbocycles. The molecule has 1 unspecified atom stereocenters. The molecule has 0 saturated heterocycles. The molecular weight excluding hydrogens is 269 g/mol. The number of rotatable bonds is 4. The third kappa shape index (κ3) is 3.03. The van der Waals surface area contributed by atoms with Crippen molar-refractivity contribution in [2.45, 2.75) is 12.5 Å². The Kier molecular flexibility index (Phi) is 4.35. The zero-order valence-electron chi connectivity index (χ0n) is 10.3. The maximum Gasteiger partial charge on any atom is 0.132 e. The highest BCUT2D eigenvalue weighted by molar-refractivity contribution is 6.31. The topological polar surface area (TPSA) is 42.4 Å². The molecule has 1 aromatic carbocycles. The molecular formula is C14H13ClFNO2. The third-order valence-corrected chi connectivity index (χ3v) is 3.18. The summed E-state index contributed by atoms with van der Waals surface area (Å²) in [5.74, 6) is -0.185. The second-order valence-corrected chi connectivity index (χ2v) is 4.45. The predicted octanol–water partition coefficient (Wildman–Crippen LogP) is 3.16. The summed E-state index contributed by atoms with van der Waals surface area (Å²) in [6, 6.07) is 6.12. The number of methoxy groups -OCH3 is 1. The summed E-state index contributed by atoms with van der Waals surface area (Å²) in [6.07, 6.45) is 2.23. The van der Waals surface area contributed by atoms with Crippen molar-refractivity contribution in [1.29, 1.82) is 0 Å². The Balaban J connectivity index is 2.30. The summed E-state index contributed by atoms with van der Waals surface area (Å²) in [7, 11) is 1.43. The first-order valence-electron chi connectivity index (χ1n) is 5.72. The first kappa shape index (κ1) is 13.8. The van der Waals surface area contributed by atoms with Crippen LogP contribution in [-0.4, -0.2) is 17.2 Å². The molecule has 2 aromatic rings. The molecule has 0 radical (unpaired) electrons. The van der Waals surface area contributed by atoms with Gasteiger partial charge in [-0.05, 0) is 23.8 Å². The van der Waals surface area contributed by atoms with E-state index < -0.39 is 11.9 Å². The van der Waals surface area contributed by atoms with Gasteiger partial charge in [0, 0.05) is 18.8 Å². The highest BCUT2D eigenvalue weighted by atomic mass is 35.5. The van der Waals surface area contributed by atoms with Gasteiger partial charge < -0.3 is 9.84 Å². The van der Waals surface area contributed by atoms with Gasteiger partial charge in [0.05, 0.1) is 23.8 Å². The quantitative estimate of drug-likeness (QED) is 0.936. The van der Waals surface area contributed by atoms with Crippen LogP contribution in [-0.2, 0) is 6.42 Å². The minimum absolute atomic E-state index is 0.137. The van der Waals surface area contributed by atoms with Crippen molar-refractivity contribution in [3.05, 3.63) is 58.6 Å². The van der Waals surface area contributed by atoms with Gasteiger partial charge in [0.2, 0.25) is 0 Å². The molecule has 1 atom stereocenters. The van der Waals surface area contributed by atoms with E-state index in [2.05, 4.69) is 4.98 Å². The average Bonchev–Trinajstić information content (AvgIpc) is 2.40. The number of benzene rings is 1. The smallest absolute Gasteiger partial charge is 0.132 e. The fraction of sp³-hybridized carbons (Fsp3) is 0.214. The van der Waals surface area contributed by atoms with Crippen molar-refractivity contribution >= 4 is 11.6 Å². The third-order valence-electron chi connectivity index (χ3n) is 2.84. The summed E-state index contributed by atoms with van der Waals surface area (Å²) in [5.41, 5.74) is 0.840. The van der Waals surface area contributed by atoms with Gasteiger partial charge >= 0.3 is 0 Å². The van der Waals surface area contributed by atoms with Crippen molar-refractivity contribution in [1.82, 2.24) is 4.98 Å². The van der Waals surface area contributed by atoms with Crippen molar-refractivity contribution in [3.63, 3.8) is 0 Å². The first-order valence-corrected chi connectivity index (χ1v) is 6.10. The molecule has 0 spiro atoms. The van der Waals surface area contributed by atoms with Crippen LogP contribution in [0.3, 0.4) is 0 Å². The highest BCUT2D eigenvalue weighted by Gasteiger charge is 2.19. The normalized spacial score (nSPS) is 12.2. The van der Waals surface area contributed by atoms with Crippen LogP contribution in [0.2, 0.25) is 5.02 Å². The van der Waals surface area contributed by atoms with E-state index in [9.17, 15) is 9.50 Å². The Hall–Kier alpha value is -1.65. The minimum Gasteiger partial charge on any atom is -0.496 e. The summed E-state index contributed by atoms with van der Waals surface area (Å²) in [4.78, 5) is 3.86. The molecule has 0 aliphatic rings. The maximum absolute atomic E-state index is 13.8. The number of aromatic nitrogens is 1. The Morgan fingerprint density at radius 2 is 2.21 bits per heavy atom. The predicted molar refractivity (Wildman–Crippen MR) is 70.9 cm³/mol. The van der Waals surface area contributed by atoms with Crippen LogP contribution in [0.25, 0.3) is 0 Å². The van der Waals surface area contributed by atoms with Crippen molar-refractivity contribution in [2.75, 3.05) is 7.11 Å². The van der Waals surface area contributed by atoms with Gasteiger partial charge in [-0.1, -0.05) is 17.7 Å². The van der Waals surface area contributed by atoms with E-state index in [1.165, 1.54) is 25.4 Å². The lowest BCUT2D eigenvalue weighted by molar-refractivity contribution is 0.169. The molecule has 100 valence electrons. The molecule has 1 aromatic heterocycles. The molecule has 0 amide bonds. The fourth-order valence-electron chi connectivity index (χ4n) is 1.90. The number of aliphatic hydroxyl groups is 1. The Labute approximate surface area is 115 Å². The van der Waals surface area contributed by atoms with Gasteiger partial charge in [-0.25, -0.2) is 4.39 Å². The monoisotopic (exact) mass is 281 g/mol. The van der Waals surface area contributed by atoms with E-state index in [1.807, 2.05) is 0 Å². The molecule has 1 N–H and O–H groups in total. The molecule has 5 heteroatoms. The van der Waals surface area contributed by atoms with Gasteiger partial charge in [-0.3, -0.25) is 4.98 Å². The molecule has 0 aliphatic heterocycles. The number of nitrogens with zero attached hydrogens (tertiary/aromatic N) is 1. The van der Waals surface area contributed by atoms with Crippen LogP contribution in [0.5, 0.6) is 5.75 Å². The molecule has 0 bridgehead atoms. The summed E-state index contributed by atoms with van der Waals surface area (Å²) in [5, 5.41) is 10.6. The average molecular weight is 282 g/mol. The zero-order valence-corrected chi connectivity index (χ0v) is 11.1. The zero-order chi connectivity index (χ0) is 13.8. The number of hydrogen-bond acceptors (Lipinski definition) is 3. The van der Waals surface area contributed by atoms with Crippen molar-refractivity contribution < 1.29 is 14.2 Å². The van der Waals surface area contributed by atoms with Crippen LogP contribution in [0, 0.1) is 5.82 Å². The van der Waals surface area contributed by atoms with E-state index in [-0.39, 0.29) is 12.0 Å². The molecule has 2 rings (SSSR count). The van der Waals surface area contributed by atoms with E-state index in [0.29, 0.717) is 16.3 Å². The molecule has 1 heterocycles. The van der Waals surface area contributed by atoms with Crippen LogP contribution in [0.1, 0.15) is 17.2 Å². The van der Waals surface area contributed by atoms with E-state index in [4.69, 9.17) is 16.3 Å². The van der Waals surface area contributed by atoms with E-state index in [1.54, 1.807) is 18.3 Å². The first-order chi connectivity index (χ1) is 9.13. The van der Waals surface area contributed by atoms with Crippen molar-refractivity contribution in [3.8, 4) is 5.75 Å². The van der Waals surface area contributed by atoms with Gasteiger partial charge in [-0.2, -0.15) is 0 Å². The van der Waals surface area contributed by atoms with Crippen LogP contribution in [0.15, 0.2) is 36.7 Å². The molecule has 3 nitrogen and oxygen atoms in total. The van der Waals surface area contributed by atoms with Crippen molar-refractivity contribution in [2.24, 2.45) is 0 Å². The number of pyridine rings is 1. The summed E-state index contributed by atoms with van der Waals surface area (Å²) < 4.78 is 18.9. The Morgan fingerprint density at radius 1 is 1.42 bits per heavy atom. The lowest BCUT2D eigenvalue weighted by Crippen LogP contribution is -2.07. The van der Waals surface area contributed by atoms with Crippen LogP contribution < -0.4 is 4.74 Å². The van der Waals surface area contributed by atoms with E-state index in [0.717, 1.165) is 0 Å². The van der Waals surface area contributed by atoms with Gasteiger partial charge in [0.1, 0.15) is 11.6 Å². The number of halogens is 2. The second-order valence-electron chi connectivity index (χ2n) is 4.04. The minimum atomic E-state index is -1.03. The lowest BCUT2D eigenvalue weighted by Gasteiger charge is -2.16. The number of ether oxygens (including phenoxy) is 1. The molecule has 0 aliphatic carbocycles.